The Labute approximate surface area is 139 Å². The molecule has 0 unspecified atom stereocenters. The number of hydrogen-bond acceptors (Lipinski definition) is 4. The molecule has 0 bridgehead atoms. The smallest absolute Gasteiger partial charge is 0.414 e. The van der Waals surface area contributed by atoms with Gasteiger partial charge in [-0.3, -0.25) is 4.90 Å². The predicted octanol–water partition coefficient (Wildman–Crippen LogP) is 2.78. The molecule has 2 aromatic carbocycles. The van der Waals surface area contributed by atoms with Crippen LogP contribution >= 0.6 is 0 Å². The average Bonchev–Trinajstić information content (AvgIpc) is 2.96. The van der Waals surface area contributed by atoms with Crippen molar-refractivity contribution in [3.05, 3.63) is 59.9 Å². The number of amides is 1. The van der Waals surface area contributed by atoms with Crippen molar-refractivity contribution in [1.82, 2.24) is 0 Å². The summed E-state index contributed by atoms with van der Waals surface area (Å²) in [5.74, 6) is -0.411. The molecule has 1 aliphatic rings. The second-order valence-corrected chi connectivity index (χ2v) is 5.78. The van der Waals surface area contributed by atoms with Crippen molar-refractivity contribution in [3.63, 3.8) is 0 Å². The molecule has 1 fully saturated rings. The fraction of sp³-hybridized carbons (Fsp3) is 0.278. The summed E-state index contributed by atoms with van der Waals surface area (Å²) >= 11 is 0. The quantitative estimate of drug-likeness (QED) is 0.916. The van der Waals surface area contributed by atoms with Crippen LogP contribution in [0.1, 0.15) is 5.56 Å². The number of halogens is 1. The number of cyclic esters (lactones) is 1. The maximum absolute atomic E-state index is 14.5. The Morgan fingerprint density at radius 2 is 2.04 bits per heavy atom. The summed E-state index contributed by atoms with van der Waals surface area (Å²) in [4.78, 5) is 14.9. The lowest BCUT2D eigenvalue weighted by molar-refractivity contribution is 0.0963. The van der Waals surface area contributed by atoms with Crippen LogP contribution in [0.15, 0.2) is 48.5 Å². The van der Waals surface area contributed by atoms with Crippen molar-refractivity contribution in [2.75, 3.05) is 30.0 Å². The summed E-state index contributed by atoms with van der Waals surface area (Å²) in [6.45, 7) is 0.548. The second kappa shape index (κ2) is 6.88. The molecule has 1 N–H and O–H groups in total. The van der Waals surface area contributed by atoms with E-state index < -0.39 is 18.0 Å². The van der Waals surface area contributed by atoms with Gasteiger partial charge in [0.1, 0.15) is 11.9 Å². The molecule has 1 atom stereocenters. The Hall–Kier alpha value is -2.60. The zero-order valence-corrected chi connectivity index (χ0v) is 13.4. The van der Waals surface area contributed by atoms with E-state index in [0.717, 1.165) is 5.56 Å². The molecule has 1 saturated heterocycles. The summed E-state index contributed by atoms with van der Waals surface area (Å²) < 4.78 is 19.5. The molecule has 2 aromatic rings. The molecule has 0 radical (unpaired) electrons. The zero-order valence-electron chi connectivity index (χ0n) is 13.4. The Bertz CT molecular complexity index is 723. The number of aliphatic hydroxyl groups excluding tert-OH is 1. The molecule has 0 aliphatic carbocycles. The van der Waals surface area contributed by atoms with Crippen LogP contribution in [-0.2, 0) is 11.3 Å². The molecular weight excluding hydrogens is 311 g/mol. The monoisotopic (exact) mass is 330 g/mol. The minimum Gasteiger partial charge on any atom is -0.441 e. The first kappa shape index (κ1) is 16.3. The van der Waals surface area contributed by atoms with E-state index >= 15 is 0 Å². The van der Waals surface area contributed by atoms with Crippen LogP contribution in [0.4, 0.5) is 20.6 Å². The van der Waals surface area contributed by atoms with E-state index in [-0.39, 0.29) is 13.2 Å². The van der Waals surface area contributed by atoms with Crippen molar-refractivity contribution in [2.45, 2.75) is 12.6 Å². The largest absolute Gasteiger partial charge is 0.441 e. The zero-order chi connectivity index (χ0) is 17.1. The topological polar surface area (TPSA) is 53.0 Å². The molecule has 126 valence electrons. The Morgan fingerprint density at radius 1 is 1.29 bits per heavy atom. The number of nitrogens with zero attached hydrogens (tertiary/aromatic N) is 2. The number of anilines is 2. The fourth-order valence-electron chi connectivity index (χ4n) is 2.74. The highest BCUT2D eigenvalue weighted by Gasteiger charge is 2.32. The van der Waals surface area contributed by atoms with Gasteiger partial charge in [-0.2, -0.15) is 0 Å². The molecule has 1 heterocycles. The molecule has 0 aromatic heterocycles. The van der Waals surface area contributed by atoms with Crippen LogP contribution in [0.2, 0.25) is 0 Å². The maximum Gasteiger partial charge on any atom is 0.414 e. The minimum atomic E-state index is -0.571. The van der Waals surface area contributed by atoms with Gasteiger partial charge in [-0.15, -0.1) is 0 Å². The van der Waals surface area contributed by atoms with Crippen LogP contribution in [0.3, 0.4) is 0 Å². The van der Waals surface area contributed by atoms with E-state index in [9.17, 15) is 9.18 Å². The van der Waals surface area contributed by atoms with Gasteiger partial charge in [0.2, 0.25) is 0 Å². The number of rotatable bonds is 5. The van der Waals surface area contributed by atoms with E-state index in [1.54, 1.807) is 12.1 Å². The highest BCUT2D eigenvalue weighted by Crippen LogP contribution is 2.28. The summed E-state index contributed by atoms with van der Waals surface area (Å²) in [6, 6.07) is 14.4. The molecule has 3 rings (SSSR count). The van der Waals surface area contributed by atoms with Crippen LogP contribution in [0, 0.1) is 5.82 Å². The van der Waals surface area contributed by atoms with Crippen LogP contribution in [0.25, 0.3) is 0 Å². The first-order chi connectivity index (χ1) is 11.6. The summed E-state index contributed by atoms with van der Waals surface area (Å²) in [5.41, 5.74) is 1.96. The SMILES string of the molecule is CN(Cc1ccccc1)c1ccc(N2C[C@H](CO)OC2=O)cc1F. The fourth-order valence-corrected chi connectivity index (χ4v) is 2.74. The van der Waals surface area contributed by atoms with E-state index in [0.29, 0.717) is 17.9 Å². The van der Waals surface area contributed by atoms with Gasteiger partial charge in [0, 0.05) is 13.6 Å². The molecule has 24 heavy (non-hydrogen) atoms. The lowest BCUT2D eigenvalue weighted by Crippen LogP contribution is -2.25. The average molecular weight is 330 g/mol. The van der Waals surface area contributed by atoms with Gasteiger partial charge < -0.3 is 14.7 Å². The molecular formula is C18H19FN2O3. The van der Waals surface area contributed by atoms with Gasteiger partial charge in [0.05, 0.1) is 24.5 Å². The van der Waals surface area contributed by atoms with Gasteiger partial charge in [-0.05, 0) is 23.8 Å². The number of hydrogen-bond donors (Lipinski definition) is 1. The predicted molar refractivity (Wildman–Crippen MR) is 89.6 cm³/mol. The highest BCUT2D eigenvalue weighted by atomic mass is 19.1. The molecule has 0 spiro atoms. The Kier molecular flexibility index (Phi) is 4.66. The van der Waals surface area contributed by atoms with E-state index in [4.69, 9.17) is 9.84 Å². The van der Waals surface area contributed by atoms with Crippen molar-refractivity contribution in [2.24, 2.45) is 0 Å². The van der Waals surface area contributed by atoms with Crippen molar-refractivity contribution < 1.29 is 19.0 Å². The minimum absolute atomic E-state index is 0.216. The van der Waals surface area contributed by atoms with Gasteiger partial charge in [-0.1, -0.05) is 30.3 Å². The summed E-state index contributed by atoms with van der Waals surface area (Å²) in [7, 11) is 1.82. The normalized spacial score (nSPS) is 17.0. The number of benzene rings is 2. The van der Waals surface area contributed by atoms with Crippen LogP contribution in [0.5, 0.6) is 0 Å². The standard InChI is InChI=1S/C18H19FN2O3/c1-20(10-13-5-3-2-4-6-13)17-8-7-14(9-16(17)19)21-11-15(12-22)24-18(21)23/h2-9,15,22H,10-12H2,1H3/t15-/m1/s1. The van der Waals surface area contributed by atoms with Crippen LogP contribution < -0.4 is 9.80 Å². The second-order valence-electron chi connectivity index (χ2n) is 5.78. The van der Waals surface area contributed by atoms with Gasteiger partial charge in [0.25, 0.3) is 0 Å². The number of carbonyl (C=O) groups is 1. The van der Waals surface area contributed by atoms with Gasteiger partial charge in [0.15, 0.2) is 0 Å². The summed E-state index contributed by atoms with van der Waals surface area (Å²) in [6.07, 6.45) is -1.14. The Morgan fingerprint density at radius 3 is 2.67 bits per heavy atom. The molecule has 6 heteroatoms. The number of aliphatic hydroxyl groups is 1. The highest BCUT2D eigenvalue weighted by molar-refractivity contribution is 5.90. The summed E-state index contributed by atoms with van der Waals surface area (Å²) in [5, 5.41) is 9.08. The van der Waals surface area contributed by atoms with Gasteiger partial charge >= 0.3 is 6.09 Å². The van der Waals surface area contributed by atoms with Crippen molar-refractivity contribution in [1.29, 1.82) is 0 Å². The van der Waals surface area contributed by atoms with Crippen molar-refractivity contribution >= 4 is 17.5 Å². The third-order valence-corrected chi connectivity index (χ3v) is 3.99. The number of carbonyl (C=O) groups excluding carboxylic acids is 1. The van der Waals surface area contributed by atoms with Crippen LogP contribution in [-0.4, -0.2) is 37.5 Å². The number of ether oxygens (including phenoxy) is 1. The maximum atomic E-state index is 14.5. The van der Waals surface area contributed by atoms with E-state index in [2.05, 4.69) is 0 Å². The molecule has 1 amide bonds. The van der Waals surface area contributed by atoms with E-state index in [1.807, 2.05) is 42.3 Å². The first-order valence-corrected chi connectivity index (χ1v) is 7.72. The van der Waals surface area contributed by atoms with Crippen molar-refractivity contribution in [3.8, 4) is 0 Å². The van der Waals surface area contributed by atoms with Gasteiger partial charge in [-0.25, -0.2) is 9.18 Å². The molecule has 1 aliphatic heterocycles. The molecule has 0 saturated carbocycles. The first-order valence-electron chi connectivity index (χ1n) is 7.72. The third kappa shape index (κ3) is 3.33. The molecule has 5 nitrogen and oxygen atoms in total. The lowest BCUT2D eigenvalue weighted by Gasteiger charge is -2.21. The third-order valence-electron chi connectivity index (χ3n) is 3.99. The van der Waals surface area contributed by atoms with E-state index in [1.165, 1.54) is 11.0 Å². The Balaban J connectivity index is 1.76. The lowest BCUT2D eigenvalue weighted by atomic mass is 10.2.